The minimum absolute atomic E-state index is 0.0589. The normalized spacial score (nSPS) is 10.0. The molecule has 0 aliphatic carbocycles. The number of ketones is 1. The molecule has 66 valence electrons. The van der Waals surface area contributed by atoms with Crippen molar-refractivity contribution in [2.75, 3.05) is 40.5 Å². The lowest BCUT2D eigenvalue weighted by molar-refractivity contribution is -0.121. The average Bonchev–Trinajstić information content (AvgIpc) is 1.99. The molecular formula is C7H15NO3. The van der Waals surface area contributed by atoms with E-state index in [0.29, 0.717) is 19.7 Å². The molecule has 0 aromatic heterocycles. The SMILES string of the molecule is COCCNCC(=O)COC. The van der Waals surface area contributed by atoms with E-state index in [9.17, 15) is 4.79 Å². The summed E-state index contributed by atoms with van der Waals surface area (Å²) < 4.78 is 9.42. The Balaban J connectivity index is 3.04. The van der Waals surface area contributed by atoms with Gasteiger partial charge in [-0.2, -0.15) is 0 Å². The number of hydrogen-bond acceptors (Lipinski definition) is 4. The second kappa shape index (κ2) is 7.65. The molecule has 0 rings (SSSR count). The highest BCUT2D eigenvalue weighted by Gasteiger charge is 1.97. The van der Waals surface area contributed by atoms with Crippen molar-refractivity contribution in [1.29, 1.82) is 0 Å². The zero-order valence-corrected chi connectivity index (χ0v) is 7.05. The van der Waals surface area contributed by atoms with E-state index in [1.807, 2.05) is 0 Å². The molecule has 4 heteroatoms. The maximum atomic E-state index is 10.8. The summed E-state index contributed by atoms with van der Waals surface area (Å²) in [4.78, 5) is 10.8. The molecule has 0 unspecified atom stereocenters. The minimum Gasteiger partial charge on any atom is -0.383 e. The first kappa shape index (κ1) is 10.6. The number of ether oxygens (including phenoxy) is 2. The second-order valence-corrected chi connectivity index (χ2v) is 2.14. The minimum atomic E-state index is 0.0589. The van der Waals surface area contributed by atoms with Crippen molar-refractivity contribution in [2.45, 2.75) is 0 Å². The van der Waals surface area contributed by atoms with Gasteiger partial charge in [-0.15, -0.1) is 0 Å². The molecule has 0 amide bonds. The zero-order valence-electron chi connectivity index (χ0n) is 7.05. The molecule has 0 saturated carbocycles. The first-order valence-electron chi connectivity index (χ1n) is 3.51. The summed E-state index contributed by atoms with van der Waals surface area (Å²) >= 11 is 0. The number of carbonyl (C=O) groups is 1. The van der Waals surface area contributed by atoms with Gasteiger partial charge >= 0.3 is 0 Å². The molecule has 0 bridgehead atoms. The van der Waals surface area contributed by atoms with Crippen molar-refractivity contribution in [3.8, 4) is 0 Å². The monoisotopic (exact) mass is 161 g/mol. The molecule has 0 aliphatic rings. The summed E-state index contributed by atoms with van der Waals surface area (Å²) in [6.45, 7) is 1.86. The van der Waals surface area contributed by atoms with E-state index in [4.69, 9.17) is 4.74 Å². The van der Waals surface area contributed by atoms with Crippen LogP contribution in [-0.2, 0) is 14.3 Å². The lowest BCUT2D eigenvalue weighted by atomic mass is 10.4. The van der Waals surface area contributed by atoms with Crippen LogP contribution >= 0.6 is 0 Å². The van der Waals surface area contributed by atoms with Gasteiger partial charge in [0.05, 0.1) is 13.2 Å². The Morgan fingerprint density at radius 1 is 1.36 bits per heavy atom. The van der Waals surface area contributed by atoms with Gasteiger partial charge in [0, 0.05) is 20.8 Å². The summed E-state index contributed by atoms with van der Waals surface area (Å²) in [5.74, 6) is 0.0589. The van der Waals surface area contributed by atoms with Crippen LogP contribution in [0.1, 0.15) is 0 Å². The van der Waals surface area contributed by atoms with Gasteiger partial charge < -0.3 is 14.8 Å². The largest absolute Gasteiger partial charge is 0.383 e. The highest BCUT2D eigenvalue weighted by atomic mass is 16.5. The number of methoxy groups -OCH3 is 2. The Morgan fingerprint density at radius 2 is 2.09 bits per heavy atom. The van der Waals surface area contributed by atoms with E-state index >= 15 is 0 Å². The van der Waals surface area contributed by atoms with Crippen molar-refractivity contribution in [3.63, 3.8) is 0 Å². The Kier molecular flexibility index (Phi) is 7.34. The quantitative estimate of drug-likeness (QED) is 0.508. The fraction of sp³-hybridized carbons (Fsp3) is 0.857. The topological polar surface area (TPSA) is 47.6 Å². The summed E-state index contributed by atoms with van der Waals surface area (Å²) in [5, 5.41) is 2.92. The number of rotatable bonds is 7. The predicted molar refractivity (Wildman–Crippen MR) is 41.6 cm³/mol. The van der Waals surface area contributed by atoms with Crippen molar-refractivity contribution in [2.24, 2.45) is 0 Å². The average molecular weight is 161 g/mol. The van der Waals surface area contributed by atoms with E-state index in [1.54, 1.807) is 7.11 Å². The molecule has 0 aromatic rings. The summed E-state index contributed by atoms with van der Waals surface area (Å²) in [6.07, 6.45) is 0. The van der Waals surface area contributed by atoms with Crippen LogP contribution in [-0.4, -0.2) is 46.3 Å². The third-order valence-corrected chi connectivity index (χ3v) is 1.11. The molecule has 0 aliphatic heterocycles. The van der Waals surface area contributed by atoms with E-state index in [-0.39, 0.29) is 12.4 Å². The maximum absolute atomic E-state index is 10.8. The third-order valence-electron chi connectivity index (χ3n) is 1.11. The van der Waals surface area contributed by atoms with Crippen LogP contribution in [0.25, 0.3) is 0 Å². The number of Topliss-reactive ketones (excluding diaryl/α,β-unsaturated/α-hetero) is 1. The molecular weight excluding hydrogens is 146 g/mol. The van der Waals surface area contributed by atoms with Gasteiger partial charge in [0.15, 0.2) is 5.78 Å². The van der Waals surface area contributed by atoms with Gasteiger partial charge in [0.1, 0.15) is 6.61 Å². The summed E-state index contributed by atoms with van der Waals surface area (Å²) in [6, 6.07) is 0. The van der Waals surface area contributed by atoms with Gasteiger partial charge in [-0.05, 0) is 0 Å². The standard InChI is InChI=1S/C7H15NO3/c1-10-4-3-8-5-7(9)6-11-2/h8H,3-6H2,1-2H3. The Labute approximate surface area is 66.9 Å². The van der Waals surface area contributed by atoms with Gasteiger partial charge in [-0.25, -0.2) is 0 Å². The number of carbonyl (C=O) groups excluding carboxylic acids is 1. The molecule has 0 spiro atoms. The van der Waals surface area contributed by atoms with E-state index in [0.717, 1.165) is 0 Å². The zero-order chi connectivity index (χ0) is 8.53. The number of hydrogen-bond donors (Lipinski definition) is 1. The predicted octanol–water partition coefficient (Wildman–Crippen LogP) is -0.562. The van der Waals surface area contributed by atoms with Crippen LogP contribution in [0.15, 0.2) is 0 Å². The van der Waals surface area contributed by atoms with Crippen molar-refractivity contribution in [3.05, 3.63) is 0 Å². The Hall–Kier alpha value is -0.450. The fourth-order valence-electron chi connectivity index (χ4n) is 0.614. The van der Waals surface area contributed by atoms with Crippen molar-refractivity contribution < 1.29 is 14.3 Å². The molecule has 1 N–H and O–H groups in total. The second-order valence-electron chi connectivity index (χ2n) is 2.14. The van der Waals surface area contributed by atoms with E-state index in [2.05, 4.69) is 10.1 Å². The Bertz CT molecular complexity index is 106. The molecule has 0 saturated heterocycles. The van der Waals surface area contributed by atoms with E-state index < -0.39 is 0 Å². The first-order valence-corrected chi connectivity index (χ1v) is 3.51. The van der Waals surface area contributed by atoms with Gasteiger partial charge in [-0.1, -0.05) is 0 Å². The number of nitrogens with one attached hydrogen (secondary N) is 1. The maximum Gasteiger partial charge on any atom is 0.172 e. The van der Waals surface area contributed by atoms with Crippen molar-refractivity contribution in [1.82, 2.24) is 5.32 Å². The molecule has 11 heavy (non-hydrogen) atoms. The van der Waals surface area contributed by atoms with Gasteiger partial charge in [0.25, 0.3) is 0 Å². The van der Waals surface area contributed by atoms with Gasteiger partial charge in [0.2, 0.25) is 0 Å². The van der Waals surface area contributed by atoms with Gasteiger partial charge in [-0.3, -0.25) is 4.79 Å². The lowest BCUT2D eigenvalue weighted by Gasteiger charge is -2.01. The van der Waals surface area contributed by atoms with Crippen LogP contribution in [0, 0.1) is 0 Å². The third kappa shape index (κ3) is 7.45. The summed E-state index contributed by atoms with van der Waals surface area (Å²) in [7, 11) is 3.13. The highest BCUT2D eigenvalue weighted by molar-refractivity contribution is 5.81. The molecule has 0 fully saturated rings. The van der Waals surface area contributed by atoms with E-state index in [1.165, 1.54) is 7.11 Å². The summed E-state index contributed by atoms with van der Waals surface area (Å²) in [5.41, 5.74) is 0. The molecule has 0 atom stereocenters. The molecule has 0 heterocycles. The van der Waals surface area contributed by atoms with Crippen LogP contribution in [0.2, 0.25) is 0 Å². The fourth-order valence-corrected chi connectivity index (χ4v) is 0.614. The van der Waals surface area contributed by atoms with Crippen molar-refractivity contribution >= 4 is 5.78 Å². The molecule has 4 nitrogen and oxygen atoms in total. The van der Waals surface area contributed by atoms with Crippen LogP contribution < -0.4 is 5.32 Å². The molecule has 0 radical (unpaired) electrons. The Morgan fingerprint density at radius 3 is 2.64 bits per heavy atom. The van der Waals surface area contributed by atoms with Crippen LogP contribution in [0.3, 0.4) is 0 Å². The first-order chi connectivity index (χ1) is 5.31. The molecule has 0 aromatic carbocycles. The smallest absolute Gasteiger partial charge is 0.172 e. The van der Waals surface area contributed by atoms with Crippen LogP contribution in [0.4, 0.5) is 0 Å². The van der Waals surface area contributed by atoms with Crippen LogP contribution in [0.5, 0.6) is 0 Å². The lowest BCUT2D eigenvalue weighted by Crippen LogP contribution is -2.28. The highest BCUT2D eigenvalue weighted by Crippen LogP contribution is 1.72.